The van der Waals surface area contributed by atoms with E-state index >= 15 is 0 Å². The highest BCUT2D eigenvalue weighted by Crippen LogP contribution is 2.32. The van der Waals surface area contributed by atoms with Crippen molar-refractivity contribution in [2.75, 3.05) is 7.11 Å². The average Bonchev–Trinajstić information content (AvgIpc) is 2.39. The van der Waals surface area contributed by atoms with E-state index in [1.807, 2.05) is 0 Å². The van der Waals surface area contributed by atoms with Crippen LogP contribution in [0, 0.1) is 0 Å². The molecule has 1 heterocycles. The van der Waals surface area contributed by atoms with Gasteiger partial charge in [-0.25, -0.2) is 0 Å². The first-order valence-corrected chi connectivity index (χ1v) is 5.60. The smallest absolute Gasteiger partial charge is 0.387 e. The lowest BCUT2D eigenvalue weighted by atomic mass is 10.1. The minimum Gasteiger partial charge on any atom is -0.493 e. The van der Waals surface area contributed by atoms with Crippen molar-refractivity contribution in [3.05, 3.63) is 35.5 Å². The van der Waals surface area contributed by atoms with Gasteiger partial charge in [0, 0.05) is 5.56 Å². The zero-order valence-corrected chi connectivity index (χ0v) is 10.6. The first-order chi connectivity index (χ1) is 9.10. The highest BCUT2D eigenvalue weighted by molar-refractivity contribution is 6.29. The molecule has 2 aromatic rings. The van der Waals surface area contributed by atoms with Crippen molar-refractivity contribution in [1.82, 2.24) is 10.2 Å². The summed E-state index contributed by atoms with van der Waals surface area (Å²) in [6.07, 6.45) is 0. The van der Waals surface area contributed by atoms with Crippen LogP contribution in [0.1, 0.15) is 0 Å². The summed E-state index contributed by atoms with van der Waals surface area (Å²) in [6.45, 7) is -2.93. The number of benzene rings is 1. The van der Waals surface area contributed by atoms with E-state index in [0.717, 1.165) is 0 Å². The molecule has 2 rings (SSSR count). The molecule has 0 amide bonds. The molecule has 0 unspecified atom stereocenters. The summed E-state index contributed by atoms with van der Waals surface area (Å²) >= 11 is 5.63. The van der Waals surface area contributed by atoms with Crippen molar-refractivity contribution >= 4 is 11.6 Å². The van der Waals surface area contributed by atoms with Gasteiger partial charge in [0.2, 0.25) is 0 Å². The lowest BCUT2D eigenvalue weighted by Crippen LogP contribution is -2.03. The second-order valence-electron chi connectivity index (χ2n) is 3.49. The minimum atomic E-state index is -2.93. The summed E-state index contributed by atoms with van der Waals surface area (Å²) in [4.78, 5) is 0. The number of nitrogens with zero attached hydrogens (tertiary/aromatic N) is 2. The summed E-state index contributed by atoms with van der Waals surface area (Å²) in [5.41, 5.74) is 1.06. The van der Waals surface area contributed by atoms with Crippen molar-refractivity contribution < 1.29 is 18.3 Å². The molecule has 0 atom stereocenters. The minimum absolute atomic E-state index is 0.0632. The van der Waals surface area contributed by atoms with E-state index in [9.17, 15) is 8.78 Å². The summed E-state index contributed by atoms with van der Waals surface area (Å²) in [5, 5.41) is 7.79. The molecular weight excluding hydrogens is 278 g/mol. The van der Waals surface area contributed by atoms with Gasteiger partial charge in [-0.05, 0) is 30.3 Å². The lowest BCUT2D eigenvalue weighted by Gasteiger charge is -2.11. The second kappa shape index (κ2) is 5.79. The van der Waals surface area contributed by atoms with Crippen LogP contribution in [0.15, 0.2) is 30.3 Å². The number of hydrogen-bond acceptors (Lipinski definition) is 4. The number of aromatic nitrogens is 2. The Hall–Kier alpha value is -1.95. The highest BCUT2D eigenvalue weighted by atomic mass is 35.5. The quantitative estimate of drug-likeness (QED) is 0.864. The Morgan fingerprint density at radius 1 is 1.11 bits per heavy atom. The molecule has 0 aliphatic carbocycles. The third kappa shape index (κ3) is 3.29. The van der Waals surface area contributed by atoms with E-state index in [1.54, 1.807) is 18.2 Å². The molecule has 0 radical (unpaired) electrons. The molecule has 100 valence electrons. The molecule has 0 saturated heterocycles. The molecule has 1 aromatic carbocycles. The standard InChI is InChI=1S/C12H9ClF2N2O2/c1-18-9-4-2-7(6-10(9)19-12(14)15)8-3-5-11(13)17-16-8/h2-6,12H,1H3. The van der Waals surface area contributed by atoms with E-state index in [-0.39, 0.29) is 16.7 Å². The van der Waals surface area contributed by atoms with E-state index in [0.29, 0.717) is 11.3 Å². The van der Waals surface area contributed by atoms with Crippen molar-refractivity contribution in [2.24, 2.45) is 0 Å². The van der Waals surface area contributed by atoms with Crippen LogP contribution in [0.5, 0.6) is 11.5 Å². The SMILES string of the molecule is COc1ccc(-c2ccc(Cl)nn2)cc1OC(F)F. The molecule has 19 heavy (non-hydrogen) atoms. The Morgan fingerprint density at radius 2 is 1.89 bits per heavy atom. The predicted octanol–water partition coefficient (Wildman–Crippen LogP) is 3.41. The molecular formula is C12H9ClF2N2O2. The van der Waals surface area contributed by atoms with Gasteiger partial charge in [-0.15, -0.1) is 10.2 Å². The van der Waals surface area contributed by atoms with Gasteiger partial charge >= 0.3 is 6.61 Å². The molecule has 4 nitrogen and oxygen atoms in total. The number of methoxy groups -OCH3 is 1. The monoisotopic (exact) mass is 286 g/mol. The number of alkyl halides is 2. The lowest BCUT2D eigenvalue weighted by molar-refractivity contribution is -0.0511. The van der Waals surface area contributed by atoms with Gasteiger partial charge in [0.1, 0.15) is 0 Å². The maximum atomic E-state index is 12.3. The van der Waals surface area contributed by atoms with E-state index in [2.05, 4.69) is 14.9 Å². The first kappa shape index (κ1) is 13.5. The van der Waals surface area contributed by atoms with Gasteiger partial charge in [0.05, 0.1) is 12.8 Å². The molecule has 0 N–H and O–H groups in total. The van der Waals surface area contributed by atoms with Gasteiger partial charge in [0.15, 0.2) is 16.7 Å². The summed E-state index contributed by atoms with van der Waals surface area (Å²) < 4.78 is 33.9. The normalized spacial score (nSPS) is 10.6. The van der Waals surface area contributed by atoms with Gasteiger partial charge in [-0.1, -0.05) is 11.6 Å². The van der Waals surface area contributed by atoms with Gasteiger partial charge in [0.25, 0.3) is 0 Å². The fourth-order valence-corrected chi connectivity index (χ4v) is 1.59. The third-order valence-corrected chi connectivity index (χ3v) is 2.51. The maximum Gasteiger partial charge on any atom is 0.387 e. The Balaban J connectivity index is 2.39. The van der Waals surface area contributed by atoms with Crippen LogP contribution in [0.2, 0.25) is 5.15 Å². The number of rotatable bonds is 4. The molecule has 7 heteroatoms. The van der Waals surface area contributed by atoms with Gasteiger partial charge < -0.3 is 9.47 Å². The largest absolute Gasteiger partial charge is 0.493 e. The van der Waals surface area contributed by atoms with Crippen LogP contribution in [0.3, 0.4) is 0 Å². The number of halogens is 3. The molecule has 0 aliphatic heterocycles. The highest BCUT2D eigenvalue weighted by Gasteiger charge is 2.12. The predicted molar refractivity (Wildman–Crippen MR) is 65.7 cm³/mol. The third-order valence-electron chi connectivity index (χ3n) is 2.31. The van der Waals surface area contributed by atoms with Crippen molar-refractivity contribution in [2.45, 2.75) is 6.61 Å². The van der Waals surface area contributed by atoms with Crippen molar-refractivity contribution in [1.29, 1.82) is 0 Å². The first-order valence-electron chi connectivity index (χ1n) is 5.22. The van der Waals surface area contributed by atoms with Crippen molar-refractivity contribution in [3.8, 4) is 22.8 Å². The molecule has 0 bridgehead atoms. The van der Waals surface area contributed by atoms with E-state index in [4.69, 9.17) is 16.3 Å². The maximum absolute atomic E-state index is 12.3. The number of hydrogen-bond donors (Lipinski definition) is 0. The number of ether oxygens (including phenoxy) is 2. The van der Waals surface area contributed by atoms with Crippen molar-refractivity contribution in [3.63, 3.8) is 0 Å². The Morgan fingerprint density at radius 3 is 2.47 bits per heavy atom. The van der Waals surface area contributed by atoms with Crippen LogP contribution < -0.4 is 9.47 Å². The summed E-state index contributed by atoms with van der Waals surface area (Å²) in [6, 6.07) is 7.77. The zero-order chi connectivity index (χ0) is 13.8. The molecule has 0 saturated carbocycles. The Labute approximate surface area is 112 Å². The Kier molecular flexibility index (Phi) is 4.11. The zero-order valence-electron chi connectivity index (χ0n) is 9.81. The molecule has 0 fully saturated rings. The van der Waals surface area contributed by atoms with Crippen LogP contribution in [0.25, 0.3) is 11.3 Å². The molecule has 0 aliphatic rings. The van der Waals surface area contributed by atoms with Crippen LogP contribution in [-0.4, -0.2) is 23.9 Å². The van der Waals surface area contributed by atoms with Gasteiger partial charge in [-0.3, -0.25) is 0 Å². The fraction of sp³-hybridized carbons (Fsp3) is 0.167. The molecule has 0 spiro atoms. The Bertz CT molecular complexity index is 564. The van der Waals surface area contributed by atoms with Crippen LogP contribution in [0.4, 0.5) is 8.78 Å². The fourth-order valence-electron chi connectivity index (χ4n) is 1.49. The van der Waals surface area contributed by atoms with Gasteiger partial charge in [-0.2, -0.15) is 8.78 Å². The summed E-state index contributed by atoms with van der Waals surface area (Å²) in [7, 11) is 1.37. The second-order valence-corrected chi connectivity index (χ2v) is 3.87. The van der Waals surface area contributed by atoms with Crippen LogP contribution in [-0.2, 0) is 0 Å². The van der Waals surface area contributed by atoms with E-state index in [1.165, 1.54) is 19.2 Å². The summed E-state index contributed by atoms with van der Waals surface area (Å²) in [5.74, 6) is 0.151. The average molecular weight is 287 g/mol. The van der Waals surface area contributed by atoms with E-state index < -0.39 is 6.61 Å². The topological polar surface area (TPSA) is 44.2 Å². The molecule has 1 aromatic heterocycles. The van der Waals surface area contributed by atoms with Crippen LogP contribution >= 0.6 is 11.6 Å².